The fraction of sp³-hybridized carbons (Fsp3) is 0.333. The molecule has 0 spiro atoms. The fourth-order valence-corrected chi connectivity index (χ4v) is 5.11. The number of hydrogen-bond acceptors (Lipinski definition) is 7. The molecule has 3 aromatic rings. The van der Waals surface area contributed by atoms with Crippen LogP contribution in [0.1, 0.15) is 31.6 Å². The van der Waals surface area contributed by atoms with E-state index in [1.165, 1.54) is 10.4 Å². The first-order valence-corrected chi connectivity index (χ1v) is 11.6. The van der Waals surface area contributed by atoms with Gasteiger partial charge in [0, 0.05) is 43.9 Å². The Labute approximate surface area is 180 Å². The number of piperidine rings is 1. The van der Waals surface area contributed by atoms with Crippen molar-refractivity contribution in [2.45, 2.75) is 37.0 Å². The monoisotopic (exact) mass is 441 g/mol. The van der Waals surface area contributed by atoms with Gasteiger partial charge in [0.25, 0.3) is 0 Å². The highest BCUT2D eigenvalue weighted by Crippen LogP contribution is 2.27. The molecular weight excluding hydrogens is 418 g/mol. The number of aryl methyl sites for hydroxylation is 1. The van der Waals surface area contributed by atoms with Gasteiger partial charge in [0.1, 0.15) is 4.90 Å². The lowest BCUT2D eigenvalue weighted by molar-refractivity contribution is -0.116. The van der Waals surface area contributed by atoms with Crippen molar-refractivity contribution in [1.82, 2.24) is 19.4 Å². The lowest BCUT2D eigenvalue weighted by Gasteiger charge is -2.26. The van der Waals surface area contributed by atoms with Crippen LogP contribution in [0.25, 0.3) is 11.4 Å². The second-order valence-corrected chi connectivity index (χ2v) is 9.17. The quantitative estimate of drug-likeness (QED) is 0.599. The Morgan fingerprint density at radius 3 is 2.68 bits per heavy atom. The zero-order valence-electron chi connectivity index (χ0n) is 16.9. The van der Waals surface area contributed by atoms with Crippen LogP contribution >= 0.6 is 0 Å². The number of sulfonamides is 1. The number of carbonyl (C=O) groups is 1. The molecule has 1 aliphatic rings. The molecule has 0 bridgehead atoms. The van der Waals surface area contributed by atoms with Crippen LogP contribution in [0.3, 0.4) is 0 Å². The number of amides is 1. The van der Waals surface area contributed by atoms with Gasteiger partial charge in [-0.15, -0.1) is 0 Å². The van der Waals surface area contributed by atoms with E-state index >= 15 is 0 Å². The molecule has 0 saturated carbocycles. The van der Waals surface area contributed by atoms with Gasteiger partial charge in [-0.1, -0.05) is 23.7 Å². The van der Waals surface area contributed by atoms with E-state index in [0.717, 1.165) is 24.8 Å². The first kappa shape index (κ1) is 21.1. The Bertz CT molecular complexity index is 1140. The molecule has 0 unspecified atom stereocenters. The molecule has 2 aromatic heterocycles. The SMILES string of the molecule is O=C(CCc1nc(-c2cccnc2)no1)Nc1ccccc1S(=O)(=O)N1CCCCC1. The Morgan fingerprint density at radius 1 is 1.10 bits per heavy atom. The first-order chi connectivity index (χ1) is 15.0. The highest BCUT2D eigenvalue weighted by Gasteiger charge is 2.28. The van der Waals surface area contributed by atoms with Crippen LogP contribution in [0.5, 0.6) is 0 Å². The topological polar surface area (TPSA) is 118 Å². The molecule has 31 heavy (non-hydrogen) atoms. The summed E-state index contributed by atoms with van der Waals surface area (Å²) in [6.45, 7) is 1.00. The van der Waals surface area contributed by atoms with Crippen molar-refractivity contribution in [3.05, 3.63) is 54.7 Å². The van der Waals surface area contributed by atoms with Gasteiger partial charge >= 0.3 is 0 Å². The van der Waals surface area contributed by atoms with Crippen LogP contribution in [0.2, 0.25) is 0 Å². The molecule has 4 rings (SSSR count). The van der Waals surface area contributed by atoms with E-state index in [1.807, 2.05) is 6.07 Å². The van der Waals surface area contributed by atoms with E-state index in [0.29, 0.717) is 24.8 Å². The summed E-state index contributed by atoms with van der Waals surface area (Å²) in [5.41, 5.74) is 0.999. The lowest BCUT2D eigenvalue weighted by Crippen LogP contribution is -2.36. The summed E-state index contributed by atoms with van der Waals surface area (Å²) < 4.78 is 32.8. The van der Waals surface area contributed by atoms with Crippen molar-refractivity contribution in [3.63, 3.8) is 0 Å². The summed E-state index contributed by atoms with van der Waals surface area (Å²) in [4.78, 5) is 20.9. The number of anilines is 1. The fourth-order valence-electron chi connectivity index (χ4n) is 3.44. The van der Waals surface area contributed by atoms with Crippen molar-refractivity contribution in [3.8, 4) is 11.4 Å². The van der Waals surface area contributed by atoms with Gasteiger partial charge < -0.3 is 9.84 Å². The highest BCUT2D eigenvalue weighted by molar-refractivity contribution is 7.89. The van der Waals surface area contributed by atoms with E-state index in [1.54, 1.807) is 36.7 Å². The van der Waals surface area contributed by atoms with Crippen molar-refractivity contribution in [2.75, 3.05) is 18.4 Å². The number of pyridine rings is 1. The summed E-state index contributed by atoms with van der Waals surface area (Å²) in [7, 11) is -3.66. The Kier molecular flexibility index (Phi) is 6.38. The van der Waals surface area contributed by atoms with Gasteiger partial charge in [-0.3, -0.25) is 9.78 Å². The second-order valence-electron chi connectivity index (χ2n) is 7.26. The maximum absolute atomic E-state index is 13.0. The molecular formula is C21H23N5O4S. The zero-order chi connectivity index (χ0) is 21.7. The predicted molar refractivity (Wildman–Crippen MR) is 114 cm³/mol. The molecule has 3 heterocycles. The van der Waals surface area contributed by atoms with Crippen molar-refractivity contribution in [1.29, 1.82) is 0 Å². The molecule has 1 saturated heterocycles. The third kappa shape index (κ3) is 4.97. The highest BCUT2D eigenvalue weighted by atomic mass is 32.2. The first-order valence-electron chi connectivity index (χ1n) is 10.2. The minimum absolute atomic E-state index is 0.0762. The average Bonchev–Trinajstić information content (AvgIpc) is 3.28. The van der Waals surface area contributed by atoms with E-state index < -0.39 is 10.0 Å². The smallest absolute Gasteiger partial charge is 0.245 e. The van der Waals surface area contributed by atoms with Gasteiger partial charge in [-0.05, 0) is 37.1 Å². The number of benzene rings is 1. The Hall–Kier alpha value is -3.11. The Balaban J connectivity index is 1.41. The molecule has 0 aliphatic carbocycles. The number of rotatable bonds is 7. The number of aromatic nitrogens is 3. The van der Waals surface area contributed by atoms with Crippen molar-refractivity contribution >= 4 is 21.6 Å². The zero-order valence-corrected chi connectivity index (χ0v) is 17.7. The van der Waals surface area contributed by atoms with Crippen LogP contribution in [-0.4, -0.2) is 46.8 Å². The van der Waals surface area contributed by atoms with Crippen LogP contribution in [-0.2, 0) is 21.2 Å². The summed E-state index contributed by atoms with van der Waals surface area (Å²) in [6.07, 6.45) is 6.31. The van der Waals surface area contributed by atoms with E-state index in [-0.39, 0.29) is 29.3 Å². The van der Waals surface area contributed by atoms with Gasteiger partial charge in [0.15, 0.2) is 0 Å². The standard InChI is InChI=1S/C21H23N5O4S/c27-19(10-11-20-24-21(25-30-20)16-7-6-12-22-15-16)23-17-8-2-3-9-18(17)31(28,29)26-13-4-1-5-14-26/h2-3,6-9,12,15H,1,4-5,10-11,13-14H2,(H,23,27). The van der Waals surface area contributed by atoms with E-state index in [9.17, 15) is 13.2 Å². The predicted octanol–water partition coefficient (Wildman–Crippen LogP) is 2.88. The summed E-state index contributed by atoms with van der Waals surface area (Å²) in [5.74, 6) is 0.395. The molecule has 9 nitrogen and oxygen atoms in total. The molecule has 1 fully saturated rings. The molecule has 1 aliphatic heterocycles. The van der Waals surface area contributed by atoms with Gasteiger partial charge in [0.05, 0.1) is 5.69 Å². The maximum Gasteiger partial charge on any atom is 0.245 e. The van der Waals surface area contributed by atoms with Crippen LogP contribution < -0.4 is 5.32 Å². The van der Waals surface area contributed by atoms with Gasteiger partial charge in [0.2, 0.25) is 27.6 Å². The third-order valence-electron chi connectivity index (χ3n) is 5.05. The van der Waals surface area contributed by atoms with Crippen LogP contribution in [0, 0.1) is 0 Å². The van der Waals surface area contributed by atoms with Crippen LogP contribution in [0.15, 0.2) is 58.2 Å². The van der Waals surface area contributed by atoms with Crippen molar-refractivity contribution in [2.24, 2.45) is 0 Å². The minimum Gasteiger partial charge on any atom is -0.339 e. The summed E-state index contributed by atoms with van der Waals surface area (Å²) in [6, 6.07) is 10.1. The second kappa shape index (κ2) is 9.36. The average molecular weight is 442 g/mol. The Morgan fingerprint density at radius 2 is 1.90 bits per heavy atom. The number of carbonyl (C=O) groups excluding carboxylic acids is 1. The maximum atomic E-state index is 13.0. The molecule has 162 valence electrons. The number of hydrogen-bond donors (Lipinski definition) is 1. The number of nitrogens with one attached hydrogen (secondary N) is 1. The van der Waals surface area contributed by atoms with E-state index in [4.69, 9.17) is 4.52 Å². The lowest BCUT2D eigenvalue weighted by atomic mass is 10.2. The van der Waals surface area contributed by atoms with Crippen LogP contribution in [0.4, 0.5) is 5.69 Å². The molecule has 0 radical (unpaired) electrons. The molecule has 1 aromatic carbocycles. The summed E-state index contributed by atoms with van der Waals surface area (Å²) in [5, 5.41) is 6.62. The van der Waals surface area contributed by atoms with E-state index in [2.05, 4.69) is 20.4 Å². The van der Waals surface area contributed by atoms with Crippen molar-refractivity contribution < 1.29 is 17.7 Å². The third-order valence-corrected chi connectivity index (χ3v) is 7.00. The molecule has 1 amide bonds. The largest absolute Gasteiger partial charge is 0.339 e. The normalized spacial score (nSPS) is 15.0. The summed E-state index contributed by atoms with van der Waals surface area (Å²) >= 11 is 0. The molecule has 0 atom stereocenters. The molecule has 10 heteroatoms. The van der Waals surface area contributed by atoms with Gasteiger partial charge in [-0.25, -0.2) is 8.42 Å². The minimum atomic E-state index is -3.66. The van der Waals surface area contributed by atoms with Gasteiger partial charge in [-0.2, -0.15) is 9.29 Å². The molecule has 1 N–H and O–H groups in total. The number of para-hydroxylation sites is 1. The number of nitrogens with zero attached hydrogens (tertiary/aromatic N) is 4.